The maximum absolute atomic E-state index is 13.7. The quantitative estimate of drug-likeness (QED) is 0.654. The lowest BCUT2D eigenvalue weighted by Crippen LogP contribution is -2.32. The molecule has 5 nitrogen and oxygen atoms in total. The Labute approximate surface area is 150 Å². The molecule has 2 aromatic heterocycles. The summed E-state index contributed by atoms with van der Waals surface area (Å²) in [7, 11) is 0. The van der Waals surface area contributed by atoms with Crippen LogP contribution in [0.2, 0.25) is 0 Å². The number of aromatic nitrogens is 3. The molecule has 3 aromatic rings. The molecule has 7 heteroatoms. The molecule has 0 saturated carbocycles. The van der Waals surface area contributed by atoms with Crippen molar-refractivity contribution < 1.29 is 8.81 Å². The fraction of sp³-hybridized carbons (Fsp3) is 0.333. The molecule has 0 bridgehead atoms. The average molecular weight is 358 g/mol. The molecule has 0 spiro atoms. The van der Waals surface area contributed by atoms with Crippen LogP contribution in [0.15, 0.2) is 41.0 Å². The van der Waals surface area contributed by atoms with Crippen LogP contribution in [0.4, 0.5) is 10.1 Å². The Morgan fingerprint density at radius 2 is 2.20 bits per heavy atom. The minimum absolute atomic E-state index is 0.218. The fourth-order valence-corrected chi connectivity index (χ4v) is 3.65. The van der Waals surface area contributed by atoms with Gasteiger partial charge in [-0.3, -0.25) is 4.57 Å². The third kappa shape index (κ3) is 2.89. The summed E-state index contributed by atoms with van der Waals surface area (Å²) in [6.07, 6.45) is 3.63. The normalized spacial score (nSPS) is 13.9. The Morgan fingerprint density at radius 3 is 2.96 bits per heavy atom. The van der Waals surface area contributed by atoms with Gasteiger partial charge in [0.05, 0.1) is 6.26 Å². The van der Waals surface area contributed by atoms with Crippen molar-refractivity contribution in [2.75, 3.05) is 11.4 Å². The van der Waals surface area contributed by atoms with E-state index in [1.165, 1.54) is 11.6 Å². The highest BCUT2D eigenvalue weighted by Crippen LogP contribution is 2.28. The highest BCUT2D eigenvalue weighted by atomic mass is 32.1. The van der Waals surface area contributed by atoms with Crippen molar-refractivity contribution in [2.45, 2.75) is 33.0 Å². The van der Waals surface area contributed by atoms with E-state index < -0.39 is 0 Å². The lowest BCUT2D eigenvalue weighted by molar-refractivity contribution is 0.536. The number of hydrogen-bond acceptors (Lipinski definition) is 4. The molecule has 0 atom stereocenters. The molecule has 130 valence electrons. The minimum atomic E-state index is -0.218. The Bertz CT molecular complexity index is 945. The molecule has 25 heavy (non-hydrogen) atoms. The Morgan fingerprint density at radius 1 is 1.32 bits per heavy atom. The molecular weight excluding hydrogens is 339 g/mol. The number of anilines is 1. The van der Waals surface area contributed by atoms with Crippen molar-refractivity contribution in [1.82, 2.24) is 14.3 Å². The summed E-state index contributed by atoms with van der Waals surface area (Å²) in [5.74, 6) is 1.19. The van der Waals surface area contributed by atoms with Crippen molar-refractivity contribution in [3.05, 3.63) is 52.7 Å². The molecule has 0 amide bonds. The SMILES string of the molecule is CCn1c(-c2ccco2)nn(CN2CCCc3ccc(F)cc32)c1=S. The lowest BCUT2D eigenvalue weighted by Gasteiger charge is -2.31. The molecule has 4 rings (SSSR count). The maximum Gasteiger partial charge on any atom is 0.199 e. The van der Waals surface area contributed by atoms with Crippen LogP contribution in [0, 0.1) is 10.6 Å². The van der Waals surface area contributed by atoms with E-state index in [1.807, 2.05) is 29.7 Å². The molecule has 1 aliphatic rings. The average Bonchev–Trinajstić information content (AvgIpc) is 3.24. The van der Waals surface area contributed by atoms with Crippen molar-refractivity contribution in [2.24, 2.45) is 0 Å². The lowest BCUT2D eigenvalue weighted by atomic mass is 10.0. The van der Waals surface area contributed by atoms with Crippen LogP contribution in [0.3, 0.4) is 0 Å². The first-order chi connectivity index (χ1) is 12.2. The van der Waals surface area contributed by atoms with Crippen LogP contribution in [-0.4, -0.2) is 20.9 Å². The molecule has 1 aromatic carbocycles. The van der Waals surface area contributed by atoms with Gasteiger partial charge in [0.1, 0.15) is 12.5 Å². The standard InChI is InChI=1S/C18H19FN4OS/c1-2-22-17(16-6-4-10-24-16)20-23(18(22)25)12-21-9-3-5-13-7-8-14(19)11-15(13)21/h4,6-8,10-11H,2-3,5,9,12H2,1H3. The Hall–Kier alpha value is -2.41. The third-order valence-corrected chi connectivity index (χ3v) is 4.98. The number of nitrogens with zero attached hydrogens (tertiary/aromatic N) is 4. The summed E-state index contributed by atoms with van der Waals surface area (Å²) < 4.78 is 23.6. The largest absolute Gasteiger partial charge is 0.461 e. The van der Waals surface area contributed by atoms with Crippen molar-refractivity contribution in [3.63, 3.8) is 0 Å². The molecule has 0 unspecified atom stereocenters. The smallest absolute Gasteiger partial charge is 0.199 e. The minimum Gasteiger partial charge on any atom is -0.461 e. The van der Waals surface area contributed by atoms with E-state index in [9.17, 15) is 4.39 Å². The molecule has 0 fully saturated rings. The van der Waals surface area contributed by atoms with Crippen molar-refractivity contribution in [1.29, 1.82) is 0 Å². The van der Waals surface area contributed by atoms with Crippen LogP contribution in [0.5, 0.6) is 0 Å². The zero-order chi connectivity index (χ0) is 17.4. The van der Waals surface area contributed by atoms with Crippen molar-refractivity contribution >= 4 is 17.9 Å². The summed E-state index contributed by atoms with van der Waals surface area (Å²) in [4.78, 5) is 2.14. The van der Waals surface area contributed by atoms with Gasteiger partial charge in [-0.15, -0.1) is 5.10 Å². The number of halogens is 1. The van der Waals surface area contributed by atoms with E-state index in [2.05, 4.69) is 10.00 Å². The molecule has 0 aliphatic carbocycles. The molecule has 0 radical (unpaired) electrons. The van der Waals surface area contributed by atoms with E-state index in [1.54, 1.807) is 17.0 Å². The van der Waals surface area contributed by atoms with E-state index in [4.69, 9.17) is 16.6 Å². The summed E-state index contributed by atoms with van der Waals surface area (Å²) in [5, 5.41) is 4.66. The number of hydrogen-bond donors (Lipinski definition) is 0. The van der Waals surface area contributed by atoms with E-state index in [-0.39, 0.29) is 5.82 Å². The van der Waals surface area contributed by atoms with E-state index >= 15 is 0 Å². The van der Waals surface area contributed by atoms with Gasteiger partial charge in [-0.2, -0.15) is 0 Å². The summed E-state index contributed by atoms with van der Waals surface area (Å²) in [6, 6.07) is 8.70. The molecule has 1 aliphatic heterocycles. The van der Waals surface area contributed by atoms with Crippen LogP contribution in [-0.2, 0) is 19.6 Å². The predicted molar refractivity (Wildman–Crippen MR) is 96.5 cm³/mol. The zero-order valence-corrected chi connectivity index (χ0v) is 14.8. The van der Waals surface area contributed by atoms with Gasteiger partial charge in [0, 0.05) is 18.8 Å². The number of aryl methyl sites for hydroxylation is 1. The molecule has 0 N–H and O–H groups in total. The monoisotopic (exact) mass is 358 g/mol. The molecular formula is C18H19FN4OS. The second-order valence-corrected chi connectivity index (χ2v) is 6.47. The number of rotatable bonds is 4. The van der Waals surface area contributed by atoms with Crippen LogP contribution in [0.25, 0.3) is 11.6 Å². The van der Waals surface area contributed by atoms with Gasteiger partial charge in [0.25, 0.3) is 0 Å². The topological polar surface area (TPSA) is 39.1 Å². The first kappa shape index (κ1) is 16.1. The van der Waals surface area contributed by atoms with Crippen molar-refractivity contribution in [3.8, 4) is 11.6 Å². The first-order valence-electron chi connectivity index (χ1n) is 8.42. The second-order valence-electron chi connectivity index (χ2n) is 6.11. The Kier molecular flexibility index (Phi) is 4.17. The summed E-state index contributed by atoms with van der Waals surface area (Å²) in [6.45, 7) is 4.09. The number of benzene rings is 1. The van der Waals surface area contributed by atoms with Crippen LogP contribution < -0.4 is 4.90 Å². The van der Waals surface area contributed by atoms with Gasteiger partial charge in [-0.1, -0.05) is 6.07 Å². The van der Waals surface area contributed by atoms with Gasteiger partial charge < -0.3 is 9.32 Å². The number of furan rings is 1. The van der Waals surface area contributed by atoms with E-state index in [0.717, 1.165) is 25.1 Å². The first-order valence-corrected chi connectivity index (χ1v) is 8.83. The number of fused-ring (bicyclic) bond motifs is 1. The third-order valence-electron chi connectivity index (χ3n) is 4.55. The second kappa shape index (κ2) is 6.48. The van der Waals surface area contributed by atoms with Crippen LogP contribution in [0.1, 0.15) is 18.9 Å². The summed E-state index contributed by atoms with van der Waals surface area (Å²) in [5.41, 5.74) is 2.10. The molecule has 0 saturated heterocycles. The van der Waals surface area contributed by atoms with E-state index in [0.29, 0.717) is 29.6 Å². The van der Waals surface area contributed by atoms with Crippen LogP contribution >= 0.6 is 12.2 Å². The van der Waals surface area contributed by atoms with Gasteiger partial charge >= 0.3 is 0 Å². The Balaban J connectivity index is 1.71. The zero-order valence-electron chi connectivity index (χ0n) is 14.0. The fourth-order valence-electron chi connectivity index (χ4n) is 3.34. The van der Waals surface area contributed by atoms with Gasteiger partial charge in [0.15, 0.2) is 16.4 Å². The van der Waals surface area contributed by atoms with Gasteiger partial charge in [-0.05, 0) is 61.8 Å². The molecule has 3 heterocycles. The van der Waals surface area contributed by atoms with Gasteiger partial charge in [-0.25, -0.2) is 9.07 Å². The summed E-state index contributed by atoms with van der Waals surface area (Å²) >= 11 is 5.60. The predicted octanol–water partition coefficient (Wildman–Crippen LogP) is 4.24. The maximum atomic E-state index is 13.7. The highest BCUT2D eigenvalue weighted by Gasteiger charge is 2.20. The highest BCUT2D eigenvalue weighted by molar-refractivity contribution is 7.71. The van der Waals surface area contributed by atoms with Gasteiger partial charge in [0.2, 0.25) is 0 Å².